The van der Waals surface area contributed by atoms with Crippen molar-refractivity contribution in [3.8, 4) is 29.0 Å². The van der Waals surface area contributed by atoms with Gasteiger partial charge in [0.1, 0.15) is 24.1 Å². The molecule has 0 radical (unpaired) electrons. The number of hydrogen-bond donors (Lipinski definition) is 1. The molecule has 172 valence electrons. The number of pyridine rings is 2. The van der Waals surface area contributed by atoms with Gasteiger partial charge in [-0.05, 0) is 29.8 Å². The fourth-order valence-electron chi connectivity index (χ4n) is 2.87. The highest BCUT2D eigenvalue weighted by Crippen LogP contribution is 2.31. The SMILES string of the molecule is COc1ccc(COc2cc(Nc3ncc(-c4ccc(C(F)(F)F)cn4)o3)cnc2C#N)cc1. The Morgan fingerprint density at radius 2 is 1.82 bits per heavy atom. The fourth-order valence-corrected chi connectivity index (χ4v) is 2.87. The number of aromatic nitrogens is 3. The van der Waals surface area contributed by atoms with Gasteiger partial charge in [-0.3, -0.25) is 4.98 Å². The Labute approximate surface area is 191 Å². The molecule has 0 aliphatic rings. The number of nitrogens with zero attached hydrogens (tertiary/aromatic N) is 4. The first-order chi connectivity index (χ1) is 16.4. The van der Waals surface area contributed by atoms with Crippen LogP contribution < -0.4 is 14.8 Å². The van der Waals surface area contributed by atoms with E-state index in [1.54, 1.807) is 25.3 Å². The Balaban J connectivity index is 1.47. The second-order valence-corrected chi connectivity index (χ2v) is 6.90. The fraction of sp³-hybridized carbons (Fsp3) is 0.130. The first kappa shape index (κ1) is 22.6. The summed E-state index contributed by atoms with van der Waals surface area (Å²) in [5.74, 6) is 1.14. The molecular formula is C23H16F3N5O3. The first-order valence-corrected chi connectivity index (χ1v) is 9.78. The van der Waals surface area contributed by atoms with Crippen molar-refractivity contribution in [3.05, 3.63) is 77.9 Å². The molecular weight excluding hydrogens is 451 g/mol. The number of rotatable bonds is 7. The molecule has 4 aromatic rings. The van der Waals surface area contributed by atoms with Gasteiger partial charge in [-0.1, -0.05) is 12.1 Å². The van der Waals surface area contributed by atoms with Crippen LogP contribution in [0.15, 0.2) is 65.5 Å². The second kappa shape index (κ2) is 9.50. The number of methoxy groups -OCH3 is 1. The number of alkyl halides is 3. The number of nitrogens with one attached hydrogen (secondary N) is 1. The lowest BCUT2D eigenvalue weighted by molar-refractivity contribution is -0.137. The molecule has 3 heterocycles. The van der Waals surface area contributed by atoms with Crippen LogP contribution in [-0.4, -0.2) is 22.1 Å². The summed E-state index contributed by atoms with van der Waals surface area (Å²) < 4.78 is 54.5. The Kier molecular flexibility index (Phi) is 6.31. The van der Waals surface area contributed by atoms with Gasteiger partial charge in [-0.15, -0.1) is 0 Å². The summed E-state index contributed by atoms with van der Waals surface area (Å²) in [6.07, 6.45) is -1.02. The van der Waals surface area contributed by atoms with Gasteiger partial charge in [0, 0.05) is 12.3 Å². The molecule has 0 fully saturated rings. The van der Waals surface area contributed by atoms with Gasteiger partial charge in [0.2, 0.25) is 0 Å². The molecule has 1 aromatic carbocycles. The summed E-state index contributed by atoms with van der Waals surface area (Å²) in [5, 5.41) is 12.2. The van der Waals surface area contributed by atoms with Crippen molar-refractivity contribution >= 4 is 11.7 Å². The molecule has 0 saturated carbocycles. The lowest BCUT2D eigenvalue weighted by Crippen LogP contribution is -2.05. The van der Waals surface area contributed by atoms with E-state index in [9.17, 15) is 18.4 Å². The van der Waals surface area contributed by atoms with Crippen molar-refractivity contribution in [1.82, 2.24) is 15.0 Å². The van der Waals surface area contributed by atoms with Crippen LogP contribution in [0, 0.1) is 11.3 Å². The minimum atomic E-state index is -4.48. The lowest BCUT2D eigenvalue weighted by Gasteiger charge is -2.10. The highest BCUT2D eigenvalue weighted by atomic mass is 19.4. The predicted octanol–water partition coefficient (Wildman–Crippen LogP) is 5.35. The van der Waals surface area contributed by atoms with Crippen molar-refractivity contribution in [2.24, 2.45) is 0 Å². The second-order valence-electron chi connectivity index (χ2n) is 6.90. The molecule has 0 aliphatic carbocycles. The number of ether oxygens (including phenoxy) is 2. The van der Waals surface area contributed by atoms with Crippen LogP contribution in [0.5, 0.6) is 11.5 Å². The zero-order valence-electron chi connectivity index (χ0n) is 17.6. The number of halogens is 3. The molecule has 0 aliphatic heterocycles. The first-order valence-electron chi connectivity index (χ1n) is 9.78. The summed E-state index contributed by atoms with van der Waals surface area (Å²) >= 11 is 0. The van der Waals surface area contributed by atoms with E-state index in [2.05, 4.69) is 20.3 Å². The smallest absolute Gasteiger partial charge is 0.417 e. The highest BCUT2D eigenvalue weighted by Gasteiger charge is 2.30. The molecule has 0 amide bonds. The van der Waals surface area contributed by atoms with Gasteiger partial charge in [-0.25, -0.2) is 9.97 Å². The van der Waals surface area contributed by atoms with Crippen LogP contribution in [0.2, 0.25) is 0 Å². The number of anilines is 2. The van der Waals surface area contributed by atoms with E-state index < -0.39 is 11.7 Å². The van der Waals surface area contributed by atoms with Crippen LogP contribution in [0.3, 0.4) is 0 Å². The van der Waals surface area contributed by atoms with E-state index >= 15 is 0 Å². The van der Waals surface area contributed by atoms with Crippen LogP contribution in [-0.2, 0) is 12.8 Å². The molecule has 8 nitrogen and oxygen atoms in total. The van der Waals surface area contributed by atoms with E-state index in [-0.39, 0.29) is 35.5 Å². The molecule has 4 rings (SSSR count). The van der Waals surface area contributed by atoms with Gasteiger partial charge in [0.05, 0.1) is 30.8 Å². The molecule has 11 heteroatoms. The van der Waals surface area contributed by atoms with E-state index in [1.165, 1.54) is 18.5 Å². The summed E-state index contributed by atoms with van der Waals surface area (Å²) in [7, 11) is 1.58. The van der Waals surface area contributed by atoms with Gasteiger partial charge < -0.3 is 19.2 Å². The topological polar surface area (TPSA) is 106 Å². The van der Waals surface area contributed by atoms with E-state index in [4.69, 9.17) is 13.9 Å². The molecule has 0 bridgehead atoms. The molecule has 0 unspecified atom stereocenters. The average Bonchev–Trinajstić information content (AvgIpc) is 3.31. The number of hydrogen-bond acceptors (Lipinski definition) is 8. The normalized spacial score (nSPS) is 11.0. The van der Waals surface area contributed by atoms with Gasteiger partial charge in [0.25, 0.3) is 6.01 Å². The van der Waals surface area contributed by atoms with Crippen molar-refractivity contribution in [3.63, 3.8) is 0 Å². The Bertz CT molecular complexity index is 1310. The van der Waals surface area contributed by atoms with E-state index in [1.807, 2.05) is 18.2 Å². The Morgan fingerprint density at radius 3 is 2.47 bits per heavy atom. The van der Waals surface area contributed by atoms with Gasteiger partial charge in [-0.2, -0.15) is 18.4 Å². The quantitative estimate of drug-likeness (QED) is 0.388. The van der Waals surface area contributed by atoms with Crippen LogP contribution in [0.4, 0.5) is 24.9 Å². The Hall–Kier alpha value is -4.59. The molecule has 0 saturated heterocycles. The predicted molar refractivity (Wildman–Crippen MR) is 114 cm³/mol. The third-order valence-corrected chi connectivity index (χ3v) is 4.61. The summed E-state index contributed by atoms with van der Waals surface area (Å²) in [4.78, 5) is 11.9. The van der Waals surface area contributed by atoms with E-state index in [0.717, 1.165) is 17.8 Å². The van der Waals surface area contributed by atoms with Crippen molar-refractivity contribution in [2.45, 2.75) is 12.8 Å². The highest BCUT2D eigenvalue weighted by molar-refractivity contribution is 5.59. The average molecular weight is 467 g/mol. The van der Waals surface area contributed by atoms with Crippen molar-refractivity contribution in [2.75, 3.05) is 12.4 Å². The van der Waals surface area contributed by atoms with E-state index in [0.29, 0.717) is 11.4 Å². The Morgan fingerprint density at radius 1 is 1.03 bits per heavy atom. The number of nitriles is 1. The van der Waals surface area contributed by atoms with Crippen LogP contribution in [0.1, 0.15) is 16.8 Å². The zero-order chi connectivity index (χ0) is 24.1. The van der Waals surface area contributed by atoms with Gasteiger partial charge in [0.15, 0.2) is 17.2 Å². The largest absolute Gasteiger partial charge is 0.497 e. The van der Waals surface area contributed by atoms with Crippen molar-refractivity contribution < 1.29 is 27.1 Å². The maximum absolute atomic E-state index is 12.7. The van der Waals surface area contributed by atoms with Crippen molar-refractivity contribution in [1.29, 1.82) is 5.26 Å². The van der Waals surface area contributed by atoms with Gasteiger partial charge >= 0.3 is 6.18 Å². The molecule has 0 atom stereocenters. The molecule has 3 aromatic heterocycles. The summed E-state index contributed by atoms with van der Waals surface area (Å²) in [6, 6.07) is 13.0. The standard InChI is InChI=1S/C23H16F3N5O3/c1-32-17-5-2-14(3-6-17)13-33-20-8-16(11-29-19(20)9-27)31-22-30-12-21(34-22)18-7-4-15(10-28-18)23(24,25)26/h2-8,10-12H,13H2,1H3,(H,30,31). The maximum Gasteiger partial charge on any atom is 0.417 e. The minimum Gasteiger partial charge on any atom is -0.497 e. The summed E-state index contributed by atoms with van der Waals surface area (Å²) in [6.45, 7) is 0.201. The third kappa shape index (κ3) is 5.24. The maximum atomic E-state index is 12.7. The third-order valence-electron chi connectivity index (χ3n) is 4.61. The van der Waals surface area contributed by atoms with Crippen LogP contribution >= 0.6 is 0 Å². The summed E-state index contributed by atoms with van der Waals surface area (Å²) in [5.41, 5.74) is 0.720. The zero-order valence-corrected chi connectivity index (χ0v) is 17.6. The minimum absolute atomic E-state index is 0.0595. The molecule has 1 N–H and O–H groups in total. The molecule has 34 heavy (non-hydrogen) atoms. The number of benzene rings is 1. The molecule has 0 spiro atoms. The number of oxazole rings is 1. The lowest BCUT2D eigenvalue weighted by atomic mass is 10.2. The van der Waals surface area contributed by atoms with Crippen LogP contribution in [0.25, 0.3) is 11.5 Å². The monoisotopic (exact) mass is 467 g/mol.